The van der Waals surface area contributed by atoms with Crippen LogP contribution in [0.5, 0.6) is 0 Å². The molecule has 66 valence electrons. The molecule has 0 heterocycles. The Hall–Kier alpha value is -0.0800. The van der Waals surface area contributed by atoms with Crippen molar-refractivity contribution in [3.8, 4) is 0 Å². The lowest BCUT2D eigenvalue weighted by Crippen LogP contribution is -2.48. The van der Waals surface area contributed by atoms with Crippen LogP contribution in [0.3, 0.4) is 0 Å². The highest BCUT2D eigenvalue weighted by Crippen LogP contribution is 2.36. The predicted molar refractivity (Wildman–Crippen MR) is 48.2 cm³/mol. The molecule has 2 nitrogen and oxygen atoms in total. The summed E-state index contributed by atoms with van der Waals surface area (Å²) < 4.78 is 0. The van der Waals surface area contributed by atoms with Gasteiger partial charge in [0, 0.05) is 0 Å². The normalized spacial score (nSPS) is 33.0. The molecule has 1 saturated carbocycles. The zero-order valence-corrected chi connectivity index (χ0v) is 7.64. The van der Waals surface area contributed by atoms with Gasteiger partial charge >= 0.3 is 0 Å². The first-order valence-electron chi connectivity index (χ1n) is 4.76. The first kappa shape index (κ1) is 9.01. The second-order valence-electron chi connectivity index (χ2n) is 3.59. The van der Waals surface area contributed by atoms with Crippen molar-refractivity contribution in [3.05, 3.63) is 0 Å². The highest BCUT2D eigenvalue weighted by atomic mass is 15.0. The van der Waals surface area contributed by atoms with Crippen LogP contribution in [0.25, 0.3) is 0 Å². The lowest BCUT2D eigenvalue weighted by atomic mass is 9.72. The molecule has 1 aliphatic rings. The summed E-state index contributed by atoms with van der Waals surface area (Å²) >= 11 is 0. The minimum atomic E-state index is 0.253. The molecule has 0 saturated heterocycles. The van der Waals surface area contributed by atoms with Crippen molar-refractivity contribution < 1.29 is 0 Å². The molecule has 0 bridgehead atoms. The first-order valence-corrected chi connectivity index (χ1v) is 4.76. The van der Waals surface area contributed by atoms with Gasteiger partial charge in [0.25, 0.3) is 0 Å². The minimum Gasteiger partial charge on any atom is -0.316 e. The fraction of sp³-hybridized carbons (Fsp3) is 1.00. The zero-order chi connectivity index (χ0) is 8.27. The van der Waals surface area contributed by atoms with Gasteiger partial charge in [0.1, 0.15) is 0 Å². The van der Waals surface area contributed by atoms with Crippen molar-refractivity contribution >= 4 is 0 Å². The summed E-state index contributed by atoms with van der Waals surface area (Å²) in [5.74, 6) is 1.71. The Bertz CT molecular complexity index is 108. The second kappa shape index (κ2) is 4.07. The molecule has 0 aliphatic heterocycles. The van der Waals surface area contributed by atoms with E-state index in [1.54, 1.807) is 0 Å². The average Bonchev–Trinajstić information content (AvgIpc) is 1.86. The molecule has 0 amide bonds. The van der Waals surface area contributed by atoms with E-state index in [0.29, 0.717) is 0 Å². The van der Waals surface area contributed by atoms with Gasteiger partial charge in [-0.05, 0) is 31.2 Å². The van der Waals surface area contributed by atoms with E-state index >= 15 is 0 Å². The second-order valence-corrected chi connectivity index (χ2v) is 3.59. The third-order valence-corrected chi connectivity index (χ3v) is 2.80. The van der Waals surface area contributed by atoms with Crippen LogP contribution in [-0.2, 0) is 0 Å². The number of nitrogens with one attached hydrogen (secondary N) is 1. The van der Waals surface area contributed by atoms with Crippen molar-refractivity contribution in [2.24, 2.45) is 17.6 Å². The van der Waals surface area contributed by atoms with E-state index in [4.69, 9.17) is 5.73 Å². The lowest BCUT2D eigenvalue weighted by Gasteiger charge is -2.38. The SMILES string of the molecule is CCNC(N)C1CC(CC)C1. The molecule has 11 heavy (non-hydrogen) atoms. The molecule has 1 aliphatic carbocycles. The van der Waals surface area contributed by atoms with E-state index in [1.807, 2.05) is 0 Å². The molecule has 1 fully saturated rings. The van der Waals surface area contributed by atoms with Crippen molar-refractivity contribution in [2.75, 3.05) is 6.54 Å². The Morgan fingerprint density at radius 1 is 1.45 bits per heavy atom. The summed E-state index contributed by atoms with van der Waals surface area (Å²) in [5, 5.41) is 3.27. The largest absolute Gasteiger partial charge is 0.316 e. The predicted octanol–water partition coefficient (Wildman–Crippen LogP) is 1.32. The van der Waals surface area contributed by atoms with Crippen LogP contribution in [0.15, 0.2) is 0 Å². The maximum Gasteiger partial charge on any atom is 0.0575 e. The highest BCUT2D eigenvalue weighted by Gasteiger charge is 2.31. The molecule has 1 atom stereocenters. The van der Waals surface area contributed by atoms with Crippen LogP contribution in [0.4, 0.5) is 0 Å². The van der Waals surface area contributed by atoms with Gasteiger partial charge in [0.15, 0.2) is 0 Å². The molecule has 1 rings (SSSR count). The standard InChI is InChI=1S/C9H20N2/c1-3-7-5-8(6-7)9(10)11-4-2/h7-9,11H,3-6,10H2,1-2H3. The van der Waals surface area contributed by atoms with Crippen LogP contribution in [0.2, 0.25) is 0 Å². The Balaban J connectivity index is 2.10. The van der Waals surface area contributed by atoms with Crippen LogP contribution in [0, 0.1) is 11.8 Å². The van der Waals surface area contributed by atoms with Crippen LogP contribution in [0.1, 0.15) is 33.1 Å². The van der Waals surface area contributed by atoms with Crippen molar-refractivity contribution in [1.29, 1.82) is 0 Å². The third-order valence-electron chi connectivity index (χ3n) is 2.80. The van der Waals surface area contributed by atoms with Crippen molar-refractivity contribution in [1.82, 2.24) is 5.32 Å². The Labute approximate surface area is 69.5 Å². The Morgan fingerprint density at radius 3 is 2.55 bits per heavy atom. The summed E-state index contributed by atoms with van der Waals surface area (Å²) in [6.07, 6.45) is 4.26. The Kier molecular flexibility index (Phi) is 3.34. The fourth-order valence-electron chi connectivity index (χ4n) is 1.82. The molecule has 1 unspecified atom stereocenters. The van der Waals surface area contributed by atoms with E-state index in [0.717, 1.165) is 18.4 Å². The third kappa shape index (κ3) is 2.17. The van der Waals surface area contributed by atoms with Crippen LogP contribution < -0.4 is 11.1 Å². The number of nitrogens with two attached hydrogens (primary N) is 1. The van der Waals surface area contributed by atoms with Gasteiger partial charge in [0.05, 0.1) is 6.17 Å². The molecule has 0 aromatic heterocycles. The fourth-order valence-corrected chi connectivity index (χ4v) is 1.82. The van der Waals surface area contributed by atoms with Gasteiger partial charge in [-0.15, -0.1) is 0 Å². The van der Waals surface area contributed by atoms with Gasteiger partial charge < -0.3 is 11.1 Å². The van der Waals surface area contributed by atoms with E-state index in [2.05, 4.69) is 19.2 Å². The van der Waals surface area contributed by atoms with Gasteiger partial charge in [-0.3, -0.25) is 0 Å². The zero-order valence-electron chi connectivity index (χ0n) is 7.64. The molecule has 0 radical (unpaired) electrons. The summed E-state index contributed by atoms with van der Waals surface area (Å²) in [5.41, 5.74) is 5.90. The van der Waals surface area contributed by atoms with Crippen LogP contribution >= 0.6 is 0 Å². The maximum absolute atomic E-state index is 5.90. The van der Waals surface area contributed by atoms with E-state index < -0.39 is 0 Å². The quantitative estimate of drug-likeness (QED) is 0.602. The van der Waals surface area contributed by atoms with Gasteiger partial charge in [-0.25, -0.2) is 0 Å². The molecule has 3 N–H and O–H groups in total. The number of rotatable bonds is 4. The monoisotopic (exact) mass is 156 g/mol. The van der Waals surface area contributed by atoms with E-state index in [-0.39, 0.29) is 6.17 Å². The van der Waals surface area contributed by atoms with Crippen molar-refractivity contribution in [3.63, 3.8) is 0 Å². The smallest absolute Gasteiger partial charge is 0.0575 e. The maximum atomic E-state index is 5.90. The Morgan fingerprint density at radius 2 is 2.09 bits per heavy atom. The molecule has 2 heteroatoms. The minimum absolute atomic E-state index is 0.253. The molecule has 0 aromatic carbocycles. The summed E-state index contributed by atoms with van der Waals surface area (Å²) in [4.78, 5) is 0. The van der Waals surface area contributed by atoms with Gasteiger partial charge in [-0.2, -0.15) is 0 Å². The summed E-state index contributed by atoms with van der Waals surface area (Å²) in [6.45, 7) is 5.37. The highest BCUT2D eigenvalue weighted by molar-refractivity contribution is 4.84. The van der Waals surface area contributed by atoms with Crippen LogP contribution in [-0.4, -0.2) is 12.7 Å². The summed E-state index contributed by atoms with van der Waals surface area (Å²) in [7, 11) is 0. The molecule has 0 spiro atoms. The van der Waals surface area contributed by atoms with Gasteiger partial charge in [-0.1, -0.05) is 20.3 Å². The number of hydrogen-bond acceptors (Lipinski definition) is 2. The molecular weight excluding hydrogens is 136 g/mol. The summed E-state index contributed by atoms with van der Waals surface area (Å²) in [6, 6.07) is 0. The van der Waals surface area contributed by atoms with E-state index in [9.17, 15) is 0 Å². The van der Waals surface area contributed by atoms with Gasteiger partial charge in [0.2, 0.25) is 0 Å². The lowest BCUT2D eigenvalue weighted by molar-refractivity contribution is 0.142. The topological polar surface area (TPSA) is 38.0 Å². The molecular formula is C9H20N2. The number of hydrogen-bond donors (Lipinski definition) is 2. The first-order chi connectivity index (χ1) is 5.27. The molecule has 0 aromatic rings. The van der Waals surface area contributed by atoms with Crippen molar-refractivity contribution in [2.45, 2.75) is 39.3 Å². The van der Waals surface area contributed by atoms with E-state index in [1.165, 1.54) is 19.3 Å². The average molecular weight is 156 g/mol.